The zero-order chi connectivity index (χ0) is 10.6. The van der Waals surface area contributed by atoms with Crippen molar-refractivity contribution in [2.75, 3.05) is 5.32 Å². The van der Waals surface area contributed by atoms with Gasteiger partial charge < -0.3 is 10.2 Å². The molecule has 0 aliphatic heterocycles. The number of anilines is 1. The van der Waals surface area contributed by atoms with Crippen LogP contribution in [0, 0.1) is 6.92 Å². The molecule has 14 heavy (non-hydrogen) atoms. The van der Waals surface area contributed by atoms with E-state index in [0.29, 0.717) is 18.7 Å². The summed E-state index contributed by atoms with van der Waals surface area (Å²) in [5.74, 6) is 0.262. The fourth-order valence-corrected chi connectivity index (χ4v) is 0.888. The van der Waals surface area contributed by atoms with Gasteiger partial charge in [-0.15, -0.1) is 5.10 Å². The smallest absolute Gasteiger partial charge is 0.322 e. The Morgan fingerprint density at radius 3 is 2.86 bits per heavy atom. The van der Waals surface area contributed by atoms with E-state index < -0.39 is 0 Å². The van der Waals surface area contributed by atoms with E-state index in [4.69, 9.17) is 10.2 Å². The van der Waals surface area contributed by atoms with Crippen molar-refractivity contribution in [3.63, 3.8) is 0 Å². The highest BCUT2D eigenvalue weighted by Gasteiger charge is 2.08. The van der Waals surface area contributed by atoms with Crippen LogP contribution < -0.4 is 11.1 Å². The summed E-state index contributed by atoms with van der Waals surface area (Å²) in [5, 5.41) is 9.70. The Balaban J connectivity index is 2.34. The number of carbonyl (C=O) groups excluding carboxylic acids is 1. The van der Waals surface area contributed by atoms with Crippen LogP contribution in [0.25, 0.3) is 0 Å². The molecule has 78 valence electrons. The molecule has 0 aliphatic carbocycles. The lowest BCUT2D eigenvalue weighted by Crippen LogP contribution is -2.19. The van der Waals surface area contributed by atoms with Gasteiger partial charge in [0.1, 0.15) is 0 Å². The molecule has 6 nitrogen and oxygen atoms in total. The van der Waals surface area contributed by atoms with Crippen LogP contribution in [0.4, 0.5) is 6.01 Å². The van der Waals surface area contributed by atoms with E-state index in [9.17, 15) is 4.79 Å². The number of nitrogens with zero attached hydrogens (tertiary/aromatic N) is 2. The highest BCUT2D eigenvalue weighted by molar-refractivity contribution is 5.88. The first-order valence-corrected chi connectivity index (χ1v) is 4.43. The fraction of sp³-hybridized carbons (Fsp3) is 0.625. The lowest BCUT2D eigenvalue weighted by atomic mass is 10.2. The van der Waals surface area contributed by atoms with Crippen molar-refractivity contribution in [2.45, 2.75) is 32.7 Å². The van der Waals surface area contributed by atoms with Crippen molar-refractivity contribution >= 4 is 11.9 Å². The van der Waals surface area contributed by atoms with E-state index in [1.165, 1.54) is 0 Å². The Kier molecular flexibility index (Phi) is 3.58. The molecule has 1 aromatic heterocycles. The van der Waals surface area contributed by atoms with E-state index in [2.05, 4.69) is 15.5 Å². The van der Waals surface area contributed by atoms with E-state index in [0.717, 1.165) is 0 Å². The number of rotatable bonds is 4. The molecule has 0 fully saturated rings. The van der Waals surface area contributed by atoms with Gasteiger partial charge in [-0.3, -0.25) is 10.1 Å². The van der Waals surface area contributed by atoms with Gasteiger partial charge in [0.15, 0.2) is 0 Å². The van der Waals surface area contributed by atoms with Crippen molar-refractivity contribution in [2.24, 2.45) is 5.73 Å². The Bertz CT molecular complexity index is 308. The molecule has 1 unspecified atom stereocenters. The number of carbonyl (C=O) groups is 1. The van der Waals surface area contributed by atoms with Crippen molar-refractivity contribution in [3.8, 4) is 0 Å². The summed E-state index contributed by atoms with van der Waals surface area (Å²) in [6.07, 6.45) is 0.998. The molecule has 0 aromatic carbocycles. The normalized spacial score (nSPS) is 12.5. The second-order valence-electron chi connectivity index (χ2n) is 3.19. The predicted octanol–water partition coefficient (Wildman–Crippen LogP) is 0.444. The maximum atomic E-state index is 11.2. The van der Waals surface area contributed by atoms with Gasteiger partial charge in [0.25, 0.3) is 0 Å². The number of aryl methyl sites for hydroxylation is 1. The summed E-state index contributed by atoms with van der Waals surface area (Å²) in [7, 11) is 0. The maximum Gasteiger partial charge on any atom is 0.322 e. The Morgan fingerprint density at radius 1 is 1.64 bits per heavy atom. The van der Waals surface area contributed by atoms with Gasteiger partial charge in [-0.05, 0) is 13.3 Å². The second kappa shape index (κ2) is 4.71. The monoisotopic (exact) mass is 198 g/mol. The van der Waals surface area contributed by atoms with E-state index in [1.54, 1.807) is 6.92 Å². The third-order valence-electron chi connectivity index (χ3n) is 1.60. The van der Waals surface area contributed by atoms with E-state index in [-0.39, 0.29) is 18.0 Å². The van der Waals surface area contributed by atoms with Gasteiger partial charge >= 0.3 is 6.01 Å². The molecule has 0 saturated carbocycles. The van der Waals surface area contributed by atoms with Gasteiger partial charge in [0.05, 0.1) is 0 Å². The van der Waals surface area contributed by atoms with E-state index in [1.807, 2.05) is 6.92 Å². The molecule has 0 aliphatic rings. The third kappa shape index (κ3) is 3.53. The average Bonchev–Trinajstić information content (AvgIpc) is 2.48. The first kappa shape index (κ1) is 10.6. The molecule has 1 amide bonds. The molecule has 6 heteroatoms. The van der Waals surface area contributed by atoms with Crippen molar-refractivity contribution in [1.82, 2.24) is 10.2 Å². The summed E-state index contributed by atoms with van der Waals surface area (Å²) >= 11 is 0. The molecule has 1 heterocycles. The molecule has 1 aromatic rings. The van der Waals surface area contributed by atoms with Crippen LogP contribution >= 0.6 is 0 Å². The zero-order valence-electron chi connectivity index (χ0n) is 8.28. The van der Waals surface area contributed by atoms with Crippen molar-refractivity contribution in [3.05, 3.63) is 5.89 Å². The van der Waals surface area contributed by atoms with Crippen molar-refractivity contribution in [1.29, 1.82) is 0 Å². The van der Waals surface area contributed by atoms with Crippen LogP contribution in [0.5, 0.6) is 0 Å². The highest BCUT2D eigenvalue weighted by Crippen LogP contribution is 2.05. The summed E-state index contributed by atoms with van der Waals surface area (Å²) in [6.45, 7) is 3.51. The third-order valence-corrected chi connectivity index (χ3v) is 1.60. The Morgan fingerprint density at radius 2 is 2.36 bits per heavy atom. The van der Waals surface area contributed by atoms with Gasteiger partial charge in [-0.1, -0.05) is 5.10 Å². The number of amides is 1. The molecule has 1 atom stereocenters. The predicted molar refractivity (Wildman–Crippen MR) is 50.5 cm³/mol. The molecule has 0 radical (unpaired) electrons. The zero-order valence-corrected chi connectivity index (χ0v) is 8.28. The maximum absolute atomic E-state index is 11.2. The minimum Gasteiger partial charge on any atom is -0.408 e. The lowest BCUT2D eigenvalue weighted by molar-refractivity contribution is -0.116. The molecule has 1 rings (SSSR count). The Hall–Kier alpha value is -1.43. The standard InChI is InChI=1S/C8H14N4O2/c1-5(9)3-4-7(13)10-8-12-11-6(2)14-8/h5H,3-4,9H2,1-2H3,(H,10,12,13). The number of nitrogens with two attached hydrogens (primary N) is 1. The van der Waals surface area contributed by atoms with E-state index >= 15 is 0 Å². The minimum absolute atomic E-state index is 0.0187. The fourth-order valence-electron chi connectivity index (χ4n) is 0.888. The van der Waals surface area contributed by atoms with Crippen LogP contribution in [-0.2, 0) is 4.79 Å². The SMILES string of the molecule is Cc1nnc(NC(=O)CCC(C)N)o1. The summed E-state index contributed by atoms with van der Waals surface area (Å²) in [6, 6.07) is 0.155. The average molecular weight is 198 g/mol. The number of aromatic nitrogens is 2. The van der Waals surface area contributed by atoms with Gasteiger partial charge in [-0.25, -0.2) is 0 Å². The second-order valence-corrected chi connectivity index (χ2v) is 3.19. The summed E-state index contributed by atoms with van der Waals surface area (Å²) < 4.78 is 4.98. The van der Waals surface area contributed by atoms with Gasteiger partial charge in [-0.2, -0.15) is 0 Å². The van der Waals surface area contributed by atoms with Crippen LogP contribution in [0.15, 0.2) is 4.42 Å². The number of hydrogen-bond acceptors (Lipinski definition) is 5. The van der Waals surface area contributed by atoms with Gasteiger partial charge in [0, 0.05) is 19.4 Å². The largest absolute Gasteiger partial charge is 0.408 e. The number of nitrogens with one attached hydrogen (secondary N) is 1. The van der Waals surface area contributed by atoms with Gasteiger partial charge in [0.2, 0.25) is 11.8 Å². The number of hydrogen-bond donors (Lipinski definition) is 2. The molecule has 3 N–H and O–H groups in total. The van der Waals surface area contributed by atoms with Crippen LogP contribution in [0.3, 0.4) is 0 Å². The molecule has 0 bridgehead atoms. The molecule has 0 spiro atoms. The summed E-state index contributed by atoms with van der Waals surface area (Å²) in [4.78, 5) is 11.2. The first-order chi connectivity index (χ1) is 6.58. The first-order valence-electron chi connectivity index (χ1n) is 4.43. The quantitative estimate of drug-likeness (QED) is 0.732. The topological polar surface area (TPSA) is 94.0 Å². The van der Waals surface area contributed by atoms with Crippen molar-refractivity contribution < 1.29 is 9.21 Å². The minimum atomic E-state index is -0.161. The molecular weight excluding hydrogens is 184 g/mol. The molecular formula is C8H14N4O2. The van der Waals surface area contributed by atoms with Crippen LogP contribution in [0.1, 0.15) is 25.7 Å². The lowest BCUT2D eigenvalue weighted by Gasteiger charge is -2.03. The highest BCUT2D eigenvalue weighted by atomic mass is 16.4. The van der Waals surface area contributed by atoms with Crippen LogP contribution in [0.2, 0.25) is 0 Å². The van der Waals surface area contributed by atoms with Crippen LogP contribution in [-0.4, -0.2) is 22.1 Å². The Labute approximate surface area is 81.9 Å². The molecule has 0 saturated heterocycles. The summed E-state index contributed by atoms with van der Waals surface area (Å²) in [5.41, 5.74) is 5.51.